The predicted molar refractivity (Wildman–Crippen MR) is 115 cm³/mol. The highest BCUT2D eigenvalue weighted by Gasteiger charge is 2.13. The Morgan fingerprint density at radius 2 is 2.00 bits per heavy atom. The highest BCUT2D eigenvalue weighted by Crippen LogP contribution is 2.25. The van der Waals surface area contributed by atoms with Crippen LogP contribution in [0.3, 0.4) is 0 Å². The second kappa shape index (κ2) is 7.79. The van der Waals surface area contributed by atoms with Crippen LogP contribution in [0.15, 0.2) is 29.3 Å². The predicted octanol–water partition coefficient (Wildman–Crippen LogP) is 2.70. The van der Waals surface area contributed by atoms with E-state index in [-0.39, 0.29) is 24.4 Å². The van der Waals surface area contributed by atoms with E-state index in [9.17, 15) is 9.59 Å². The number of hydrogen-bond acceptors (Lipinski definition) is 7. The van der Waals surface area contributed by atoms with E-state index >= 15 is 0 Å². The van der Waals surface area contributed by atoms with Crippen molar-refractivity contribution in [1.82, 2.24) is 29.8 Å². The van der Waals surface area contributed by atoms with Crippen LogP contribution in [0.25, 0.3) is 15.9 Å². The van der Waals surface area contributed by atoms with Gasteiger partial charge in [-0.05, 0) is 61.4 Å². The average Bonchev–Trinajstić information content (AvgIpc) is 3.26. The highest BCUT2D eigenvalue weighted by molar-refractivity contribution is 7.18. The maximum Gasteiger partial charge on any atom is 0.262 e. The summed E-state index contributed by atoms with van der Waals surface area (Å²) >= 11 is 1.51. The van der Waals surface area contributed by atoms with Gasteiger partial charge in [-0.15, -0.1) is 16.4 Å². The van der Waals surface area contributed by atoms with Crippen molar-refractivity contribution < 1.29 is 4.79 Å². The zero-order chi connectivity index (χ0) is 21.4. The number of rotatable bonds is 5. The minimum absolute atomic E-state index is 0.110. The number of nitrogens with zero attached hydrogens (tertiary/aromatic N) is 6. The Kier molecular flexibility index (Phi) is 5.17. The van der Waals surface area contributed by atoms with Crippen LogP contribution < -0.4 is 10.9 Å². The van der Waals surface area contributed by atoms with Crippen LogP contribution in [-0.2, 0) is 11.3 Å². The van der Waals surface area contributed by atoms with Gasteiger partial charge in [-0.1, -0.05) is 6.07 Å². The molecule has 4 aromatic rings. The first kappa shape index (κ1) is 19.9. The highest BCUT2D eigenvalue weighted by atomic mass is 32.1. The Bertz CT molecular complexity index is 1320. The topological polar surface area (TPSA) is 108 Å². The van der Waals surface area contributed by atoms with Gasteiger partial charge in [0.2, 0.25) is 5.91 Å². The van der Waals surface area contributed by atoms with E-state index in [1.54, 1.807) is 4.68 Å². The second-order valence-electron chi connectivity index (χ2n) is 7.14. The Morgan fingerprint density at radius 3 is 2.73 bits per heavy atom. The Labute approximate surface area is 176 Å². The van der Waals surface area contributed by atoms with Crippen molar-refractivity contribution in [3.8, 4) is 5.69 Å². The Balaban J connectivity index is 1.49. The Hall–Kier alpha value is -3.40. The van der Waals surface area contributed by atoms with Crippen LogP contribution in [0.2, 0.25) is 0 Å². The lowest BCUT2D eigenvalue weighted by Crippen LogP contribution is -2.23. The van der Waals surface area contributed by atoms with Gasteiger partial charge in [0.15, 0.2) is 5.82 Å². The lowest BCUT2D eigenvalue weighted by atomic mass is 10.1. The van der Waals surface area contributed by atoms with Crippen molar-refractivity contribution in [1.29, 1.82) is 0 Å². The summed E-state index contributed by atoms with van der Waals surface area (Å²) in [6, 6.07) is 5.55. The van der Waals surface area contributed by atoms with E-state index in [0.29, 0.717) is 16.9 Å². The van der Waals surface area contributed by atoms with Crippen LogP contribution in [0, 0.1) is 27.7 Å². The largest absolute Gasteiger partial charge is 0.326 e. The molecule has 0 radical (unpaired) electrons. The van der Waals surface area contributed by atoms with Crippen molar-refractivity contribution in [3.63, 3.8) is 0 Å². The number of aryl methyl sites for hydroxylation is 5. The zero-order valence-corrected chi connectivity index (χ0v) is 17.9. The van der Waals surface area contributed by atoms with Crippen molar-refractivity contribution in [2.75, 3.05) is 5.32 Å². The molecule has 1 aromatic carbocycles. The summed E-state index contributed by atoms with van der Waals surface area (Å²) in [6.07, 6.45) is 1.67. The molecule has 9 nitrogen and oxygen atoms in total. The summed E-state index contributed by atoms with van der Waals surface area (Å²) in [5.41, 5.74) is 3.26. The number of thiophene rings is 1. The van der Waals surface area contributed by atoms with Crippen molar-refractivity contribution in [2.45, 2.75) is 40.7 Å². The van der Waals surface area contributed by atoms with Crippen molar-refractivity contribution in [2.24, 2.45) is 0 Å². The molecule has 1 amide bonds. The van der Waals surface area contributed by atoms with Gasteiger partial charge >= 0.3 is 0 Å². The summed E-state index contributed by atoms with van der Waals surface area (Å²) in [4.78, 5) is 31.4. The molecule has 0 unspecified atom stereocenters. The minimum atomic E-state index is -0.191. The van der Waals surface area contributed by atoms with Crippen LogP contribution in [0.5, 0.6) is 0 Å². The maximum atomic E-state index is 12.8. The summed E-state index contributed by atoms with van der Waals surface area (Å²) in [5.74, 6) is 0.464. The van der Waals surface area contributed by atoms with E-state index in [4.69, 9.17) is 0 Å². The molecule has 0 saturated carbocycles. The van der Waals surface area contributed by atoms with Crippen molar-refractivity contribution in [3.05, 3.63) is 56.7 Å². The van der Waals surface area contributed by atoms with E-state index in [2.05, 4.69) is 25.8 Å². The van der Waals surface area contributed by atoms with Gasteiger partial charge < -0.3 is 5.32 Å². The number of fused-ring (bicyclic) bond motifs is 1. The van der Waals surface area contributed by atoms with Crippen LogP contribution in [0.4, 0.5) is 5.69 Å². The third-order valence-electron chi connectivity index (χ3n) is 5.08. The number of aromatic nitrogens is 6. The molecule has 0 aliphatic heterocycles. The van der Waals surface area contributed by atoms with Gasteiger partial charge in [-0.25, -0.2) is 4.98 Å². The van der Waals surface area contributed by atoms with Gasteiger partial charge in [0.25, 0.3) is 5.56 Å². The summed E-state index contributed by atoms with van der Waals surface area (Å²) < 4.78 is 3.11. The molecule has 154 valence electrons. The summed E-state index contributed by atoms with van der Waals surface area (Å²) in [5, 5.41) is 15.1. The third-order valence-corrected chi connectivity index (χ3v) is 6.20. The SMILES string of the molecule is Cc1ccc(NC(=O)CCn2cnc3sc(C)c(C)c3c2=O)cc1-n1nnnc1C. The second-order valence-corrected chi connectivity index (χ2v) is 8.35. The first-order chi connectivity index (χ1) is 14.3. The van der Waals surface area contributed by atoms with E-state index < -0.39 is 0 Å². The molecule has 0 bridgehead atoms. The monoisotopic (exact) mass is 423 g/mol. The molecule has 0 atom stereocenters. The standard InChI is InChI=1S/C20H21N7O2S/c1-11-5-6-15(9-16(11)27-14(4)23-24-25-27)22-17(28)7-8-26-10-21-19-18(20(26)29)12(2)13(3)30-19/h5-6,9-10H,7-8H2,1-4H3,(H,22,28). The fourth-order valence-electron chi connectivity index (χ4n) is 3.24. The number of carbonyl (C=O) groups excluding carboxylic acids is 1. The number of benzene rings is 1. The van der Waals surface area contributed by atoms with Gasteiger partial charge in [0, 0.05) is 23.5 Å². The van der Waals surface area contributed by atoms with Gasteiger partial charge in [-0.2, -0.15) is 4.68 Å². The first-order valence-electron chi connectivity index (χ1n) is 9.46. The number of tetrazole rings is 1. The van der Waals surface area contributed by atoms with E-state index in [1.807, 2.05) is 45.9 Å². The number of nitrogens with one attached hydrogen (secondary N) is 1. The molecule has 30 heavy (non-hydrogen) atoms. The van der Waals surface area contributed by atoms with E-state index in [0.717, 1.165) is 26.5 Å². The van der Waals surface area contributed by atoms with Crippen molar-refractivity contribution >= 4 is 33.1 Å². The van der Waals surface area contributed by atoms with E-state index in [1.165, 1.54) is 22.2 Å². The number of anilines is 1. The average molecular weight is 424 g/mol. The first-order valence-corrected chi connectivity index (χ1v) is 10.3. The molecule has 0 spiro atoms. The van der Waals surface area contributed by atoms with Gasteiger partial charge in [-0.3, -0.25) is 14.2 Å². The molecule has 1 N–H and O–H groups in total. The molecule has 0 aliphatic carbocycles. The molecular formula is C20H21N7O2S. The Morgan fingerprint density at radius 1 is 1.20 bits per heavy atom. The molecule has 0 fully saturated rings. The maximum absolute atomic E-state index is 12.8. The lowest BCUT2D eigenvalue weighted by molar-refractivity contribution is -0.116. The number of carbonyl (C=O) groups is 1. The summed E-state index contributed by atoms with van der Waals surface area (Å²) in [6.45, 7) is 7.92. The van der Waals surface area contributed by atoms with Gasteiger partial charge in [0.1, 0.15) is 4.83 Å². The molecule has 0 aliphatic rings. The fourth-order valence-corrected chi connectivity index (χ4v) is 4.23. The molecule has 10 heteroatoms. The van der Waals surface area contributed by atoms with Crippen LogP contribution in [-0.4, -0.2) is 35.7 Å². The quantitative estimate of drug-likeness (QED) is 0.529. The van der Waals surface area contributed by atoms with Crippen LogP contribution >= 0.6 is 11.3 Å². The number of amides is 1. The molecule has 3 aromatic heterocycles. The summed E-state index contributed by atoms with van der Waals surface area (Å²) in [7, 11) is 0. The molecule has 0 saturated heterocycles. The normalized spacial score (nSPS) is 11.2. The lowest BCUT2D eigenvalue weighted by Gasteiger charge is -2.11. The molecular weight excluding hydrogens is 402 g/mol. The molecule has 3 heterocycles. The number of hydrogen-bond donors (Lipinski definition) is 1. The third kappa shape index (κ3) is 3.61. The zero-order valence-electron chi connectivity index (χ0n) is 17.1. The van der Waals surface area contributed by atoms with Gasteiger partial charge in [0.05, 0.1) is 17.4 Å². The van der Waals surface area contributed by atoms with Crippen LogP contribution in [0.1, 0.15) is 28.2 Å². The minimum Gasteiger partial charge on any atom is -0.326 e. The smallest absolute Gasteiger partial charge is 0.262 e. The molecule has 4 rings (SSSR count). The fraction of sp³-hybridized carbons (Fsp3) is 0.300.